The number of hydrogen-bond acceptors (Lipinski definition) is 3. The largest absolute Gasteiger partial charge is 0.339 e. The van der Waals surface area contributed by atoms with Gasteiger partial charge in [-0.1, -0.05) is 6.07 Å². The summed E-state index contributed by atoms with van der Waals surface area (Å²) in [7, 11) is 1.99. The van der Waals surface area contributed by atoms with Crippen LogP contribution < -0.4 is 4.90 Å². The standard InChI is InChI=1S/C17H22N4O/c1-13-4-5-15(12-14(13)2)16(22)20-8-10-21(11-9-20)17-18-6-7-19(17)3/h4-7,12H,8-11H2,1-3H3. The van der Waals surface area contributed by atoms with Gasteiger partial charge in [0.25, 0.3) is 5.91 Å². The Labute approximate surface area is 131 Å². The minimum absolute atomic E-state index is 0.127. The van der Waals surface area contributed by atoms with E-state index < -0.39 is 0 Å². The van der Waals surface area contributed by atoms with Gasteiger partial charge in [0.2, 0.25) is 5.95 Å². The lowest BCUT2D eigenvalue weighted by molar-refractivity contribution is 0.0746. The van der Waals surface area contributed by atoms with Crippen molar-refractivity contribution in [3.05, 3.63) is 47.3 Å². The number of imidazole rings is 1. The van der Waals surface area contributed by atoms with E-state index in [-0.39, 0.29) is 5.91 Å². The third kappa shape index (κ3) is 2.71. The number of hydrogen-bond donors (Lipinski definition) is 0. The van der Waals surface area contributed by atoms with Crippen molar-refractivity contribution >= 4 is 11.9 Å². The molecule has 0 radical (unpaired) electrons. The minimum atomic E-state index is 0.127. The van der Waals surface area contributed by atoms with Crippen LogP contribution in [0.2, 0.25) is 0 Å². The Morgan fingerprint density at radius 1 is 1.09 bits per heavy atom. The summed E-state index contributed by atoms with van der Waals surface area (Å²) in [4.78, 5) is 21.1. The second-order valence-electron chi connectivity index (χ2n) is 5.92. The van der Waals surface area contributed by atoms with E-state index >= 15 is 0 Å². The molecule has 1 saturated heterocycles. The Bertz CT molecular complexity index is 684. The summed E-state index contributed by atoms with van der Waals surface area (Å²) < 4.78 is 2.01. The molecule has 1 aliphatic rings. The number of aryl methyl sites for hydroxylation is 3. The Kier molecular flexibility index (Phi) is 3.88. The van der Waals surface area contributed by atoms with Gasteiger partial charge in [-0.25, -0.2) is 4.98 Å². The monoisotopic (exact) mass is 298 g/mol. The zero-order chi connectivity index (χ0) is 15.7. The highest BCUT2D eigenvalue weighted by atomic mass is 16.2. The van der Waals surface area contributed by atoms with Crippen LogP contribution >= 0.6 is 0 Å². The first-order valence-electron chi connectivity index (χ1n) is 7.65. The first kappa shape index (κ1) is 14.6. The maximum absolute atomic E-state index is 12.6. The van der Waals surface area contributed by atoms with Crippen molar-refractivity contribution in [1.29, 1.82) is 0 Å². The summed E-state index contributed by atoms with van der Waals surface area (Å²) in [6.07, 6.45) is 3.75. The van der Waals surface area contributed by atoms with E-state index in [0.717, 1.165) is 43.3 Å². The van der Waals surface area contributed by atoms with Crippen molar-refractivity contribution in [2.75, 3.05) is 31.1 Å². The molecule has 1 aromatic carbocycles. The van der Waals surface area contributed by atoms with Gasteiger partial charge in [-0.2, -0.15) is 0 Å². The highest BCUT2D eigenvalue weighted by Crippen LogP contribution is 2.16. The summed E-state index contributed by atoms with van der Waals surface area (Å²) in [5.74, 6) is 1.10. The third-order valence-electron chi connectivity index (χ3n) is 4.40. The van der Waals surface area contributed by atoms with Crippen LogP contribution in [0.3, 0.4) is 0 Å². The number of anilines is 1. The van der Waals surface area contributed by atoms with Gasteiger partial charge in [-0.05, 0) is 37.1 Å². The predicted molar refractivity (Wildman–Crippen MR) is 87.2 cm³/mol. The predicted octanol–water partition coefficient (Wildman–Crippen LogP) is 2.00. The van der Waals surface area contributed by atoms with Crippen molar-refractivity contribution in [3.8, 4) is 0 Å². The van der Waals surface area contributed by atoms with Gasteiger partial charge in [0.15, 0.2) is 0 Å². The molecule has 0 saturated carbocycles. The molecule has 0 atom stereocenters. The lowest BCUT2D eigenvalue weighted by atomic mass is 10.1. The van der Waals surface area contributed by atoms with Crippen LogP contribution in [0.4, 0.5) is 5.95 Å². The van der Waals surface area contributed by atoms with Gasteiger partial charge in [0, 0.05) is 51.2 Å². The molecule has 116 valence electrons. The summed E-state index contributed by atoms with van der Waals surface area (Å²) in [6.45, 7) is 7.22. The lowest BCUT2D eigenvalue weighted by Gasteiger charge is -2.35. The quantitative estimate of drug-likeness (QED) is 0.851. The molecule has 1 aromatic heterocycles. The van der Waals surface area contributed by atoms with Gasteiger partial charge in [-0.15, -0.1) is 0 Å². The lowest BCUT2D eigenvalue weighted by Crippen LogP contribution is -2.49. The Morgan fingerprint density at radius 3 is 2.41 bits per heavy atom. The fourth-order valence-electron chi connectivity index (χ4n) is 2.83. The number of carbonyl (C=O) groups excluding carboxylic acids is 1. The molecule has 1 amide bonds. The average molecular weight is 298 g/mol. The maximum Gasteiger partial charge on any atom is 0.253 e. The molecule has 0 unspecified atom stereocenters. The van der Waals surface area contributed by atoms with E-state index in [0.29, 0.717) is 0 Å². The smallest absolute Gasteiger partial charge is 0.253 e. The van der Waals surface area contributed by atoms with Crippen LogP contribution in [0.5, 0.6) is 0 Å². The van der Waals surface area contributed by atoms with E-state index in [1.54, 1.807) is 0 Å². The molecule has 5 heteroatoms. The molecule has 1 aliphatic heterocycles. The summed E-state index contributed by atoms with van der Waals surface area (Å²) in [5.41, 5.74) is 3.17. The maximum atomic E-state index is 12.6. The molecular formula is C17H22N4O. The topological polar surface area (TPSA) is 41.4 Å². The van der Waals surface area contributed by atoms with Crippen LogP contribution in [-0.2, 0) is 7.05 Å². The van der Waals surface area contributed by atoms with Gasteiger partial charge in [0.05, 0.1) is 0 Å². The average Bonchev–Trinajstić information content (AvgIpc) is 2.95. The van der Waals surface area contributed by atoms with Gasteiger partial charge in [0.1, 0.15) is 0 Å². The second kappa shape index (κ2) is 5.83. The minimum Gasteiger partial charge on any atom is -0.339 e. The number of benzene rings is 1. The van der Waals surface area contributed by atoms with Crippen LogP contribution in [0, 0.1) is 13.8 Å². The molecule has 1 fully saturated rings. The van der Waals surface area contributed by atoms with E-state index in [2.05, 4.69) is 16.8 Å². The molecule has 5 nitrogen and oxygen atoms in total. The molecule has 0 bridgehead atoms. The Morgan fingerprint density at radius 2 is 1.82 bits per heavy atom. The van der Waals surface area contributed by atoms with Crippen LogP contribution in [0.15, 0.2) is 30.6 Å². The number of aromatic nitrogens is 2. The van der Waals surface area contributed by atoms with Crippen LogP contribution in [-0.4, -0.2) is 46.5 Å². The number of rotatable bonds is 2. The molecular weight excluding hydrogens is 276 g/mol. The van der Waals surface area contributed by atoms with E-state index in [1.807, 2.05) is 54.0 Å². The van der Waals surface area contributed by atoms with Crippen molar-refractivity contribution in [2.45, 2.75) is 13.8 Å². The summed E-state index contributed by atoms with van der Waals surface area (Å²) in [6, 6.07) is 5.94. The molecule has 0 N–H and O–H groups in total. The summed E-state index contributed by atoms with van der Waals surface area (Å²) in [5, 5.41) is 0. The molecule has 3 rings (SSSR count). The molecule has 0 aliphatic carbocycles. The number of amides is 1. The molecule has 22 heavy (non-hydrogen) atoms. The third-order valence-corrected chi connectivity index (χ3v) is 4.40. The van der Waals surface area contributed by atoms with E-state index in [1.165, 1.54) is 5.56 Å². The van der Waals surface area contributed by atoms with Crippen molar-refractivity contribution in [1.82, 2.24) is 14.5 Å². The Hall–Kier alpha value is -2.30. The van der Waals surface area contributed by atoms with Crippen molar-refractivity contribution in [3.63, 3.8) is 0 Å². The Balaban J connectivity index is 1.67. The van der Waals surface area contributed by atoms with Crippen LogP contribution in [0.25, 0.3) is 0 Å². The zero-order valence-electron chi connectivity index (χ0n) is 13.4. The highest BCUT2D eigenvalue weighted by molar-refractivity contribution is 5.94. The zero-order valence-corrected chi connectivity index (χ0v) is 13.4. The fourth-order valence-corrected chi connectivity index (χ4v) is 2.83. The van der Waals surface area contributed by atoms with Gasteiger partial charge < -0.3 is 14.4 Å². The van der Waals surface area contributed by atoms with E-state index in [4.69, 9.17) is 0 Å². The highest BCUT2D eigenvalue weighted by Gasteiger charge is 2.23. The number of piperazine rings is 1. The molecule has 2 aromatic rings. The van der Waals surface area contributed by atoms with Crippen molar-refractivity contribution in [2.24, 2.45) is 7.05 Å². The normalized spacial score (nSPS) is 15.2. The first-order valence-corrected chi connectivity index (χ1v) is 7.65. The number of carbonyl (C=O) groups is 1. The van der Waals surface area contributed by atoms with Crippen LogP contribution in [0.1, 0.15) is 21.5 Å². The first-order chi connectivity index (χ1) is 10.6. The SMILES string of the molecule is Cc1ccc(C(=O)N2CCN(c3nccn3C)CC2)cc1C. The fraction of sp³-hybridized carbons (Fsp3) is 0.412. The number of nitrogens with zero attached hydrogens (tertiary/aromatic N) is 4. The second-order valence-corrected chi connectivity index (χ2v) is 5.92. The summed E-state index contributed by atoms with van der Waals surface area (Å²) >= 11 is 0. The van der Waals surface area contributed by atoms with Gasteiger partial charge in [-0.3, -0.25) is 4.79 Å². The molecule has 2 heterocycles. The van der Waals surface area contributed by atoms with Gasteiger partial charge >= 0.3 is 0 Å². The van der Waals surface area contributed by atoms with E-state index in [9.17, 15) is 4.79 Å². The van der Waals surface area contributed by atoms with Crippen molar-refractivity contribution < 1.29 is 4.79 Å². The molecule has 0 spiro atoms.